The molecule has 1 atom stereocenters. The molecule has 126 valence electrons. The molecular weight excluding hydrogens is 306 g/mol. The maximum atomic E-state index is 12.7. The Balaban J connectivity index is 2.12. The van der Waals surface area contributed by atoms with Gasteiger partial charge in [0.2, 0.25) is 5.91 Å². The smallest absolute Gasteiger partial charge is 0.341 e. The van der Waals surface area contributed by atoms with Gasteiger partial charge in [-0.2, -0.15) is 0 Å². The fourth-order valence-electron chi connectivity index (χ4n) is 2.53. The maximum absolute atomic E-state index is 12.7. The average Bonchev–Trinajstić information content (AvgIpc) is 2.54. The zero-order chi connectivity index (χ0) is 17.5. The van der Waals surface area contributed by atoms with Crippen molar-refractivity contribution in [3.8, 4) is 5.75 Å². The van der Waals surface area contributed by atoms with Crippen LogP contribution in [0.15, 0.2) is 54.6 Å². The quantitative estimate of drug-likeness (QED) is 0.816. The summed E-state index contributed by atoms with van der Waals surface area (Å²) in [5.41, 5.74) is 1.53. The Morgan fingerprint density at radius 3 is 2.42 bits per heavy atom. The number of aliphatic carboxylic acids is 1. The molecule has 0 bridgehead atoms. The summed E-state index contributed by atoms with van der Waals surface area (Å²) in [6.45, 7) is 3.59. The number of hydrogen-bond donors (Lipinski definition) is 2. The summed E-state index contributed by atoms with van der Waals surface area (Å²) in [6.07, 6.45) is 0. The molecule has 2 rings (SSSR count). The van der Waals surface area contributed by atoms with Crippen LogP contribution in [0.1, 0.15) is 25.3 Å². The summed E-state index contributed by atoms with van der Waals surface area (Å²) in [7, 11) is 0. The maximum Gasteiger partial charge on any atom is 0.341 e. The predicted octanol–water partition coefficient (Wildman–Crippen LogP) is 3.53. The zero-order valence-corrected chi connectivity index (χ0v) is 13.7. The van der Waals surface area contributed by atoms with Gasteiger partial charge in [0, 0.05) is 11.8 Å². The van der Waals surface area contributed by atoms with Gasteiger partial charge in [0.1, 0.15) is 5.75 Å². The first-order valence-corrected chi connectivity index (χ1v) is 7.78. The van der Waals surface area contributed by atoms with Crippen LogP contribution in [-0.4, -0.2) is 23.6 Å². The van der Waals surface area contributed by atoms with E-state index in [4.69, 9.17) is 9.84 Å². The monoisotopic (exact) mass is 327 g/mol. The zero-order valence-electron chi connectivity index (χ0n) is 13.7. The summed E-state index contributed by atoms with van der Waals surface area (Å²) in [6, 6.07) is 16.3. The van der Waals surface area contributed by atoms with Gasteiger partial charge >= 0.3 is 5.97 Å². The van der Waals surface area contributed by atoms with E-state index in [1.165, 1.54) is 0 Å². The summed E-state index contributed by atoms with van der Waals surface area (Å²) in [5, 5.41) is 11.5. The van der Waals surface area contributed by atoms with Gasteiger partial charge in [0.15, 0.2) is 6.61 Å². The lowest BCUT2D eigenvalue weighted by atomic mass is 9.87. The molecule has 0 fully saturated rings. The molecule has 0 heterocycles. The third-order valence-electron chi connectivity index (χ3n) is 3.57. The number of rotatable bonds is 7. The second-order valence-corrected chi connectivity index (χ2v) is 5.83. The van der Waals surface area contributed by atoms with E-state index in [1.54, 1.807) is 24.3 Å². The van der Waals surface area contributed by atoms with E-state index in [0.29, 0.717) is 11.4 Å². The summed E-state index contributed by atoms with van der Waals surface area (Å²) in [5.74, 6) is -0.885. The van der Waals surface area contributed by atoms with Crippen LogP contribution in [0.25, 0.3) is 0 Å². The molecule has 24 heavy (non-hydrogen) atoms. The highest BCUT2D eigenvalue weighted by Crippen LogP contribution is 2.27. The molecule has 5 heteroatoms. The molecule has 2 aromatic rings. The van der Waals surface area contributed by atoms with Crippen LogP contribution in [0, 0.1) is 5.92 Å². The van der Waals surface area contributed by atoms with Crippen molar-refractivity contribution in [1.29, 1.82) is 0 Å². The highest BCUT2D eigenvalue weighted by Gasteiger charge is 2.24. The largest absolute Gasteiger partial charge is 0.482 e. The Morgan fingerprint density at radius 2 is 1.79 bits per heavy atom. The summed E-state index contributed by atoms with van der Waals surface area (Å²) >= 11 is 0. The van der Waals surface area contributed by atoms with E-state index in [9.17, 15) is 9.59 Å². The van der Waals surface area contributed by atoms with Crippen LogP contribution in [0.5, 0.6) is 5.75 Å². The van der Waals surface area contributed by atoms with E-state index in [1.807, 2.05) is 44.2 Å². The average molecular weight is 327 g/mol. The second-order valence-electron chi connectivity index (χ2n) is 5.83. The number of carbonyl (C=O) groups excluding carboxylic acids is 1. The number of nitrogens with one attached hydrogen (secondary N) is 1. The molecule has 0 aromatic heterocycles. The molecule has 2 aromatic carbocycles. The van der Waals surface area contributed by atoms with E-state index >= 15 is 0 Å². The lowest BCUT2D eigenvalue weighted by Crippen LogP contribution is -2.25. The third kappa shape index (κ3) is 4.84. The first kappa shape index (κ1) is 17.5. The number of carbonyl (C=O) groups is 2. The number of ether oxygens (including phenoxy) is 1. The molecule has 0 aliphatic heterocycles. The van der Waals surface area contributed by atoms with Gasteiger partial charge in [-0.05, 0) is 23.6 Å². The van der Waals surface area contributed by atoms with Crippen molar-refractivity contribution in [2.45, 2.75) is 19.8 Å². The molecule has 0 aliphatic carbocycles. The molecule has 0 aliphatic rings. The Hall–Kier alpha value is -2.82. The Labute approximate surface area is 141 Å². The van der Waals surface area contributed by atoms with Crippen LogP contribution in [0.4, 0.5) is 5.69 Å². The van der Waals surface area contributed by atoms with E-state index < -0.39 is 12.6 Å². The molecule has 2 N–H and O–H groups in total. The summed E-state index contributed by atoms with van der Waals surface area (Å²) in [4.78, 5) is 23.2. The number of benzene rings is 2. The standard InChI is InChI=1S/C19H21NO4/c1-13(2)18(14-7-4-3-5-8-14)19(23)20-15-9-6-10-16(11-15)24-12-17(21)22/h3-11,13,18H,12H2,1-2H3,(H,20,23)(H,21,22). The van der Waals surface area contributed by atoms with Gasteiger partial charge in [0.05, 0.1) is 5.92 Å². The second kappa shape index (κ2) is 8.15. The molecular formula is C19H21NO4. The van der Waals surface area contributed by atoms with Crippen molar-refractivity contribution in [2.75, 3.05) is 11.9 Å². The number of hydrogen-bond acceptors (Lipinski definition) is 3. The predicted molar refractivity (Wildman–Crippen MR) is 92.2 cm³/mol. The molecule has 0 saturated heterocycles. The Morgan fingerprint density at radius 1 is 1.08 bits per heavy atom. The number of anilines is 1. The summed E-state index contributed by atoms with van der Waals surface area (Å²) < 4.78 is 5.13. The lowest BCUT2D eigenvalue weighted by Gasteiger charge is -2.21. The fourth-order valence-corrected chi connectivity index (χ4v) is 2.53. The van der Waals surface area contributed by atoms with Crippen molar-refractivity contribution in [1.82, 2.24) is 0 Å². The Bertz CT molecular complexity index is 698. The lowest BCUT2D eigenvalue weighted by molar-refractivity contribution is -0.139. The van der Waals surface area contributed by atoms with Crippen molar-refractivity contribution in [3.63, 3.8) is 0 Å². The molecule has 1 amide bonds. The molecule has 0 spiro atoms. The van der Waals surface area contributed by atoms with Crippen LogP contribution in [0.2, 0.25) is 0 Å². The number of amides is 1. The van der Waals surface area contributed by atoms with Crippen molar-refractivity contribution < 1.29 is 19.4 Å². The molecule has 5 nitrogen and oxygen atoms in total. The number of carboxylic acid groups (broad SMARTS) is 1. The number of carboxylic acids is 1. The van der Waals surface area contributed by atoms with Crippen molar-refractivity contribution in [3.05, 3.63) is 60.2 Å². The fraction of sp³-hybridized carbons (Fsp3) is 0.263. The minimum absolute atomic E-state index is 0.105. The molecule has 1 unspecified atom stereocenters. The minimum Gasteiger partial charge on any atom is -0.482 e. The molecule has 0 radical (unpaired) electrons. The minimum atomic E-state index is -1.05. The van der Waals surface area contributed by atoms with Gasteiger partial charge < -0.3 is 15.2 Å². The first-order chi connectivity index (χ1) is 11.5. The van der Waals surface area contributed by atoms with E-state index in [-0.39, 0.29) is 17.7 Å². The van der Waals surface area contributed by atoms with Gasteiger partial charge in [-0.1, -0.05) is 50.2 Å². The van der Waals surface area contributed by atoms with Gasteiger partial charge in [-0.25, -0.2) is 4.79 Å². The normalized spacial score (nSPS) is 11.8. The van der Waals surface area contributed by atoms with E-state index in [0.717, 1.165) is 5.56 Å². The van der Waals surface area contributed by atoms with Crippen LogP contribution in [0.3, 0.4) is 0 Å². The van der Waals surface area contributed by atoms with E-state index in [2.05, 4.69) is 5.32 Å². The van der Waals surface area contributed by atoms with Crippen molar-refractivity contribution in [2.24, 2.45) is 5.92 Å². The van der Waals surface area contributed by atoms with Gasteiger partial charge in [-0.15, -0.1) is 0 Å². The third-order valence-corrected chi connectivity index (χ3v) is 3.57. The SMILES string of the molecule is CC(C)C(C(=O)Nc1cccc(OCC(=O)O)c1)c1ccccc1. The highest BCUT2D eigenvalue weighted by molar-refractivity contribution is 5.96. The first-order valence-electron chi connectivity index (χ1n) is 7.78. The van der Waals surface area contributed by atoms with Gasteiger partial charge in [-0.3, -0.25) is 4.79 Å². The van der Waals surface area contributed by atoms with Crippen LogP contribution >= 0.6 is 0 Å². The van der Waals surface area contributed by atoms with Crippen LogP contribution < -0.4 is 10.1 Å². The highest BCUT2D eigenvalue weighted by atomic mass is 16.5. The topological polar surface area (TPSA) is 75.6 Å². The Kier molecular flexibility index (Phi) is 5.95. The van der Waals surface area contributed by atoms with Crippen molar-refractivity contribution >= 4 is 17.6 Å². The van der Waals surface area contributed by atoms with Gasteiger partial charge in [0.25, 0.3) is 0 Å². The molecule has 0 saturated carbocycles. The van der Waals surface area contributed by atoms with Crippen LogP contribution in [-0.2, 0) is 9.59 Å².